The molecule has 14 heavy (non-hydrogen) atoms. The minimum absolute atomic E-state index is 1.16. The van der Waals surface area contributed by atoms with Crippen LogP contribution in [0.25, 0.3) is 0 Å². The molecule has 0 radical (unpaired) electrons. The molecule has 0 N–H and O–H groups in total. The SMILES string of the molecule is C#N.CCCCc1ccn(CCC)c1. The second-order valence-electron chi connectivity index (χ2n) is 3.36. The van der Waals surface area contributed by atoms with E-state index < -0.39 is 0 Å². The molecule has 1 rings (SSSR count). The van der Waals surface area contributed by atoms with Gasteiger partial charge in [-0.15, -0.1) is 0 Å². The number of rotatable bonds is 5. The van der Waals surface area contributed by atoms with E-state index in [0.717, 1.165) is 6.54 Å². The Hall–Kier alpha value is -1.23. The molecule has 0 saturated carbocycles. The molecular formula is C12H20N2. The van der Waals surface area contributed by atoms with Gasteiger partial charge in [-0.1, -0.05) is 20.3 Å². The van der Waals surface area contributed by atoms with Crippen molar-refractivity contribution < 1.29 is 0 Å². The average Bonchev–Trinajstić information content (AvgIpc) is 2.66. The summed E-state index contributed by atoms with van der Waals surface area (Å²) in [5, 5.41) is 6.50. The number of hydrogen-bond donors (Lipinski definition) is 0. The topological polar surface area (TPSA) is 28.7 Å². The Morgan fingerprint density at radius 2 is 2.00 bits per heavy atom. The lowest BCUT2D eigenvalue weighted by molar-refractivity contribution is 0.679. The van der Waals surface area contributed by atoms with E-state index in [9.17, 15) is 0 Å². The number of aromatic nitrogens is 1. The second-order valence-corrected chi connectivity index (χ2v) is 3.36. The standard InChI is InChI=1S/C11H19N.CHN/c1-3-5-6-11-7-9-12(10-11)8-4-2;1-2/h7,9-10H,3-6,8H2,1-2H3;1H. The van der Waals surface area contributed by atoms with Crippen LogP contribution in [0.2, 0.25) is 0 Å². The van der Waals surface area contributed by atoms with Crippen molar-refractivity contribution >= 4 is 0 Å². The Bertz CT molecular complexity index is 248. The van der Waals surface area contributed by atoms with Gasteiger partial charge in [0.2, 0.25) is 0 Å². The molecule has 2 heteroatoms. The number of nitriles is 1. The van der Waals surface area contributed by atoms with Crippen LogP contribution in [0.3, 0.4) is 0 Å². The molecule has 0 aliphatic rings. The highest BCUT2D eigenvalue weighted by molar-refractivity contribution is 5.10. The summed E-state index contributed by atoms with van der Waals surface area (Å²) in [4.78, 5) is 0. The number of unbranched alkanes of at least 4 members (excludes halogenated alkanes) is 1. The summed E-state index contributed by atoms with van der Waals surface area (Å²) in [5.74, 6) is 0. The van der Waals surface area contributed by atoms with Crippen molar-refractivity contribution in [1.82, 2.24) is 4.57 Å². The van der Waals surface area contributed by atoms with Crippen molar-refractivity contribution in [2.24, 2.45) is 0 Å². The Morgan fingerprint density at radius 3 is 2.57 bits per heavy atom. The normalized spacial score (nSPS) is 9.14. The van der Waals surface area contributed by atoms with Gasteiger partial charge in [-0.2, -0.15) is 0 Å². The van der Waals surface area contributed by atoms with Crippen LogP contribution in [0, 0.1) is 11.8 Å². The molecule has 78 valence electrons. The van der Waals surface area contributed by atoms with Crippen molar-refractivity contribution in [3.05, 3.63) is 24.0 Å². The molecule has 0 amide bonds. The monoisotopic (exact) mass is 192 g/mol. The van der Waals surface area contributed by atoms with E-state index in [1.165, 1.54) is 31.2 Å². The average molecular weight is 192 g/mol. The van der Waals surface area contributed by atoms with Crippen LogP contribution in [0.1, 0.15) is 38.7 Å². The van der Waals surface area contributed by atoms with Crippen LogP contribution >= 0.6 is 0 Å². The third-order valence-electron chi connectivity index (χ3n) is 2.11. The summed E-state index contributed by atoms with van der Waals surface area (Å²) in [6, 6.07) is 2.24. The van der Waals surface area contributed by atoms with Crippen molar-refractivity contribution in [2.75, 3.05) is 0 Å². The lowest BCUT2D eigenvalue weighted by atomic mass is 10.2. The molecule has 0 saturated heterocycles. The maximum absolute atomic E-state index is 6.50. The molecule has 0 aliphatic carbocycles. The largest absolute Gasteiger partial charge is 0.354 e. The van der Waals surface area contributed by atoms with Crippen LogP contribution in [0.4, 0.5) is 0 Å². The maximum atomic E-state index is 6.50. The molecule has 0 bridgehead atoms. The molecule has 1 aromatic rings. The molecule has 0 unspecified atom stereocenters. The highest BCUT2D eigenvalue weighted by atomic mass is 14.9. The van der Waals surface area contributed by atoms with Crippen LogP contribution in [0.15, 0.2) is 18.5 Å². The first-order chi connectivity index (χ1) is 6.86. The van der Waals surface area contributed by atoms with E-state index in [0.29, 0.717) is 0 Å². The zero-order valence-electron chi connectivity index (χ0n) is 9.24. The summed E-state index contributed by atoms with van der Waals surface area (Å²) in [7, 11) is 0. The zero-order valence-corrected chi connectivity index (χ0v) is 9.24. The van der Waals surface area contributed by atoms with Crippen LogP contribution < -0.4 is 0 Å². The summed E-state index contributed by atoms with van der Waals surface area (Å²) >= 11 is 0. The Labute approximate surface area is 87.2 Å². The van der Waals surface area contributed by atoms with Crippen LogP contribution in [-0.4, -0.2) is 4.57 Å². The van der Waals surface area contributed by atoms with Gasteiger partial charge in [-0.05, 0) is 30.9 Å². The molecule has 0 aromatic carbocycles. The second kappa shape index (κ2) is 8.37. The minimum Gasteiger partial charge on any atom is -0.354 e. The van der Waals surface area contributed by atoms with Gasteiger partial charge in [-0.25, -0.2) is 5.26 Å². The lowest BCUT2D eigenvalue weighted by Crippen LogP contribution is -1.91. The predicted octanol–water partition coefficient (Wildman–Crippen LogP) is 3.38. The zero-order chi connectivity index (χ0) is 10.8. The first-order valence-electron chi connectivity index (χ1n) is 5.27. The third kappa shape index (κ3) is 4.71. The van der Waals surface area contributed by atoms with Gasteiger partial charge in [0.1, 0.15) is 0 Å². The van der Waals surface area contributed by atoms with E-state index in [-0.39, 0.29) is 0 Å². The van der Waals surface area contributed by atoms with E-state index in [4.69, 9.17) is 5.26 Å². The van der Waals surface area contributed by atoms with Crippen molar-refractivity contribution in [1.29, 1.82) is 5.26 Å². The van der Waals surface area contributed by atoms with Crippen molar-refractivity contribution in [3.8, 4) is 6.57 Å². The first-order valence-corrected chi connectivity index (χ1v) is 5.27. The van der Waals surface area contributed by atoms with E-state index in [1.54, 1.807) is 0 Å². The van der Waals surface area contributed by atoms with E-state index in [1.807, 2.05) is 0 Å². The number of hydrogen-bond acceptors (Lipinski definition) is 1. The highest BCUT2D eigenvalue weighted by Gasteiger charge is 1.94. The van der Waals surface area contributed by atoms with E-state index in [2.05, 4.69) is 43.4 Å². The molecule has 0 aliphatic heterocycles. The fourth-order valence-corrected chi connectivity index (χ4v) is 1.42. The molecule has 1 aromatic heterocycles. The third-order valence-corrected chi connectivity index (χ3v) is 2.11. The summed E-state index contributed by atoms with van der Waals surface area (Å²) < 4.78 is 2.28. The smallest absolute Gasteiger partial charge is 0.0462 e. The summed E-state index contributed by atoms with van der Waals surface area (Å²) in [6.45, 7) is 9.11. The summed E-state index contributed by atoms with van der Waals surface area (Å²) in [6.07, 6.45) is 9.54. The fraction of sp³-hybridized carbons (Fsp3) is 0.583. The van der Waals surface area contributed by atoms with Gasteiger partial charge in [0.05, 0.1) is 0 Å². The van der Waals surface area contributed by atoms with Gasteiger partial charge in [-0.3, -0.25) is 0 Å². The van der Waals surface area contributed by atoms with Gasteiger partial charge < -0.3 is 4.57 Å². The first kappa shape index (κ1) is 12.8. The van der Waals surface area contributed by atoms with Crippen molar-refractivity contribution in [3.63, 3.8) is 0 Å². The van der Waals surface area contributed by atoms with Crippen LogP contribution in [0.5, 0.6) is 0 Å². The van der Waals surface area contributed by atoms with Gasteiger partial charge in [0, 0.05) is 25.5 Å². The lowest BCUT2D eigenvalue weighted by Gasteiger charge is -1.97. The summed E-state index contributed by atoms with van der Waals surface area (Å²) in [5.41, 5.74) is 1.49. The minimum atomic E-state index is 1.16. The number of nitrogens with zero attached hydrogens (tertiary/aromatic N) is 2. The molecule has 0 atom stereocenters. The Balaban J connectivity index is 0.000000791. The highest BCUT2D eigenvalue weighted by Crippen LogP contribution is 2.06. The number of aryl methyl sites for hydroxylation is 2. The van der Waals surface area contributed by atoms with Gasteiger partial charge >= 0.3 is 0 Å². The predicted molar refractivity (Wildman–Crippen MR) is 60.0 cm³/mol. The van der Waals surface area contributed by atoms with Gasteiger partial charge in [0.25, 0.3) is 0 Å². The molecule has 1 heterocycles. The quantitative estimate of drug-likeness (QED) is 0.703. The maximum Gasteiger partial charge on any atom is 0.0462 e. The molecule has 0 fully saturated rings. The Kier molecular flexibility index (Phi) is 7.64. The van der Waals surface area contributed by atoms with Crippen LogP contribution in [-0.2, 0) is 13.0 Å². The fourth-order valence-electron chi connectivity index (χ4n) is 1.42. The van der Waals surface area contributed by atoms with E-state index >= 15 is 0 Å². The molecule has 2 nitrogen and oxygen atoms in total. The van der Waals surface area contributed by atoms with Gasteiger partial charge in [0.15, 0.2) is 0 Å². The molecule has 0 spiro atoms. The van der Waals surface area contributed by atoms with Crippen molar-refractivity contribution in [2.45, 2.75) is 46.1 Å². The Morgan fingerprint density at radius 1 is 1.29 bits per heavy atom. The molecular weight excluding hydrogens is 172 g/mol.